The van der Waals surface area contributed by atoms with Crippen LogP contribution in [0, 0.1) is 0 Å². The maximum atomic E-state index is 13.9. The Morgan fingerprint density at radius 3 is 2.11 bits per heavy atom. The Hall–Kier alpha value is -4.26. The first-order chi connectivity index (χ1) is 22.2. The topological polar surface area (TPSA) is 109 Å². The first-order valence-corrected chi connectivity index (χ1v) is 16.9. The maximum absolute atomic E-state index is 13.9. The Balaban J connectivity index is 1.29. The summed E-state index contributed by atoms with van der Waals surface area (Å²) in [6, 6.07) is 24.1. The zero-order valence-electron chi connectivity index (χ0n) is 26.1. The van der Waals surface area contributed by atoms with Crippen LogP contribution in [0.4, 0.5) is 0 Å². The molecule has 46 heavy (non-hydrogen) atoms. The molecule has 12 heteroatoms. The van der Waals surface area contributed by atoms with Gasteiger partial charge in [-0.1, -0.05) is 56.3 Å². The molecule has 5 rings (SSSR count). The smallest absolute Gasteiger partial charge is 0.262 e. The lowest BCUT2D eigenvalue weighted by Crippen LogP contribution is -2.30. The van der Waals surface area contributed by atoms with Crippen molar-refractivity contribution in [2.45, 2.75) is 44.4 Å². The van der Waals surface area contributed by atoms with Crippen LogP contribution in [-0.4, -0.2) is 53.5 Å². The van der Waals surface area contributed by atoms with E-state index >= 15 is 0 Å². The number of aromatic nitrogens is 4. The van der Waals surface area contributed by atoms with Crippen LogP contribution in [0.5, 0.6) is 17.4 Å². The SMILES string of the molecule is COc1ccc(CN(Cc2ccc(OC)cc2)S(=O)(=O)c2ccn(CCOc3cc(-c4cccc(C(C)C)c4Br)cnn3)n2)cc1. The molecule has 10 nitrogen and oxygen atoms in total. The molecule has 0 saturated heterocycles. The zero-order valence-corrected chi connectivity index (χ0v) is 28.5. The number of ether oxygens (including phenoxy) is 3. The van der Waals surface area contributed by atoms with Crippen molar-refractivity contribution in [3.05, 3.63) is 112 Å². The monoisotopic (exact) mass is 705 g/mol. The summed E-state index contributed by atoms with van der Waals surface area (Å²) in [5.74, 6) is 2.12. The summed E-state index contributed by atoms with van der Waals surface area (Å²) in [6.45, 7) is 5.13. The lowest BCUT2D eigenvalue weighted by molar-refractivity contribution is 0.277. The molecule has 0 N–H and O–H groups in total. The minimum atomic E-state index is -3.96. The number of nitrogens with zero attached hydrogens (tertiary/aromatic N) is 5. The van der Waals surface area contributed by atoms with Crippen LogP contribution in [0.2, 0.25) is 0 Å². The number of sulfonamides is 1. The molecule has 2 aromatic heterocycles. The molecule has 0 aliphatic carbocycles. The van der Waals surface area contributed by atoms with Gasteiger partial charge in [-0.2, -0.15) is 14.5 Å². The highest BCUT2D eigenvalue weighted by molar-refractivity contribution is 9.10. The Kier molecular flexibility index (Phi) is 10.7. The maximum Gasteiger partial charge on any atom is 0.262 e. The highest BCUT2D eigenvalue weighted by Gasteiger charge is 2.27. The van der Waals surface area contributed by atoms with E-state index in [0.717, 1.165) is 26.7 Å². The Morgan fingerprint density at radius 2 is 1.52 bits per heavy atom. The van der Waals surface area contributed by atoms with E-state index in [-0.39, 0.29) is 24.7 Å². The van der Waals surface area contributed by atoms with Crippen LogP contribution in [-0.2, 0) is 29.7 Å². The van der Waals surface area contributed by atoms with Gasteiger partial charge in [-0.15, -0.1) is 5.10 Å². The summed E-state index contributed by atoms with van der Waals surface area (Å²) >= 11 is 3.74. The minimum Gasteiger partial charge on any atom is -0.497 e. The normalized spacial score (nSPS) is 11.6. The molecule has 240 valence electrons. The van der Waals surface area contributed by atoms with E-state index < -0.39 is 10.0 Å². The van der Waals surface area contributed by atoms with E-state index in [4.69, 9.17) is 14.2 Å². The molecule has 0 spiro atoms. The molecule has 0 radical (unpaired) electrons. The fraction of sp³-hybridized carbons (Fsp3) is 0.265. The van der Waals surface area contributed by atoms with Gasteiger partial charge in [0.05, 0.1) is 27.0 Å². The lowest BCUT2D eigenvalue weighted by Gasteiger charge is -2.21. The molecule has 0 unspecified atom stereocenters. The number of methoxy groups -OCH3 is 2. The van der Waals surface area contributed by atoms with Crippen molar-refractivity contribution < 1.29 is 22.6 Å². The van der Waals surface area contributed by atoms with E-state index in [1.54, 1.807) is 31.3 Å². The van der Waals surface area contributed by atoms with Crippen molar-refractivity contribution in [3.63, 3.8) is 0 Å². The van der Waals surface area contributed by atoms with E-state index in [0.29, 0.717) is 29.8 Å². The minimum absolute atomic E-state index is 0.0498. The quantitative estimate of drug-likeness (QED) is 0.125. The molecule has 5 aromatic rings. The van der Waals surface area contributed by atoms with Gasteiger partial charge in [0.1, 0.15) is 18.1 Å². The lowest BCUT2D eigenvalue weighted by atomic mass is 9.98. The van der Waals surface area contributed by atoms with Crippen LogP contribution in [0.15, 0.2) is 101 Å². The number of hydrogen-bond donors (Lipinski definition) is 0. The van der Waals surface area contributed by atoms with Crippen molar-refractivity contribution in [2.75, 3.05) is 20.8 Å². The Bertz CT molecular complexity index is 1810. The third kappa shape index (κ3) is 7.93. The fourth-order valence-corrected chi connectivity index (χ4v) is 7.15. The molecule has 0 aliphatic rings. The first kappa shape index (κ1) is 33.1. The van der Waals surface area contributed by atoms with Gasteiger partial charge in [-0.25, -0.2) is 8.42 Å². The molecule has 0 bridgehead atoms. The Labute approximate surface area is 278 Å². The van der Waals surface area contributed by atoms with Crippen molar-refractivity contribution in [2.24, 2.45) is 0 Å². The summed E-state index contributed by atoms with van der Waals surface area (Å²) in [7, 11) is -0.783. The summed E-state index contributed by atoms with van der Waals surface area (Å²) in [4.78, 5) is 0. The number of rotatable bonds is 14. The van der Waals surface area contributed by atoms with Crippen molar-refractivity contribution in [1.29, 1.82) is 0 Å². The molecule has 0 fully saturated rings. The van der Waals surface area contributed by atoms with Crippen LogP contribution >= 0.6 is 15.9 Å². The van der Waals surface area contributed by atoms with Crippen LogP contribution in [0.1, 0.15) is 36.5 Å². The van der Waals surface area contributed by atoms with E-state index in [1.807, 2.05) is 66.7 Å². The third-order valence-corrected chi connectivity index (χ3v) is 9.99. The molecule has 3 aromatic carbocycles. The van der Waals surface area contributed by atoms with Gasteiger partial charge in [-0.05, 0) is 74.4 Å². The van der Waals surface area contributed by atoms with E-state index in [1.165, 1.54) is 15.9 Å². The van der Waals surface area contributed by atoms with Crippen LogP contribution in [0.3, 0.4) is 0 Å². The van der Waals surface area contributed by atoms with Crippen molar-refractivity contribution >= 4 is 26.0 Å². The van der Waals surface area contributed by atoms with Gasteiger partial charge in [0.15, 0.2) is 5.03 Å². The van der Waals surface area contributed by atoms with Gasteiger partial charge >= 0.3 is 0 Å². The standard InChI is InChI=1S/C34H36BrN5O5S/c1-24(2)30-6-5-7-31(34(30)35)27-20-32(37-36-21-27)45-19-18-39-17-16-33(38-39)46(41,42)40(22-25-8-12-28(43-3)13-9-25)23-26-10-14-29(44-4)15-11-26/h5-17,20-21,24H,18-19,22-23H2,1-4H3. The molecule has 2 heterocycles. The van der Waals surface area contributed by atoms with Crippen molar-refractivity contribution in [1.82, 2.24) is 24.3 Å². The third-order valence-electron chi connectivity index (χ3n) is 7.42. The highest BCUT2D eigenvalue weighted by Crippen LogP contribution is 2.35. The van der Waals surface area contributed by atoms with Crippen molar-refractivity contribution in [3.8, 4) is 28.5 Å². The fourth-order valence-electron chi connectivity index (χ4n) is 4.86. The van der Waals surface area contributed by atoms with Crippen LogP contribution in [0.25, 0.3) is 11.1 Å². The summed E-state index contributed by atoms with van der Waals surface area (Å²) in [5.41, 5.74) is 4.71. The molecule has 0 aliphatic heterocycles. The first-order valence-electron chi connectivity index (χ1n) is 14.7. The average molecular weight is 707 g/mol. The van der Waals surface area contributed by atoms with Gasteiger partial charge in [0, 0.05) is 35.4 Å². The second kappa shape index (κ2) is 14.9. The average Bonchev–Trinajstić information content (AvgIpc) is 3.55. The summed E-state index contributed by atoms with van der Waals surface area (Å²) < 4.78 is 48.2. The largest absolute Gasteiger partial charge is 0.497 e. The second-order valence-electron chi connectivity index (χ2n) is 10.9. The highest BCUT2D eigenvalue weighted by atomic mass is 79.9. The number of benzene rings is 3. The molecule has 0 saturated carbocycles. The molecular formula is C34H36BrN5O5S. The predicted octanol–water partition coefficient (Wildman–Crippen LogP) is 6.71. The van der Waals surface area contributed by atoms with Gasteiger partial charge in [-0.3, -0.25) is 4.68 Å². The number of halogens is 1. The Morgan fingerprint density at radius 1 is 0.891 bits per heavy atom. The molecule has 0 amide bonds. The predicted molar refractivity (Wildman–Crippen MR) is 179 cm³/mol. The molecule has 0 atom stereocenters. The van der Waals surface area contributed by atoms with Gasteiger partial charge < -0.3 is 14.2 Å². The van der Waals surface area contributed by atoms with Gasteiger partial charge in [0.25, 0.3) is 10.0 Å². The molecular weight excluding hydrogens is 670 g/mol. The summed E-state index contributed by atoms with van der Waals surface area (Å²) in [6.07, 6.45) is 3.33. The van der Waals surface area contributed by atoms with Gasteiger partial charge in [0.2, 0.25) is 5.88 Å². The van der Waals surface area contributed by atoms with Crippen LogP contribution < -0.4 is 14.2 Å². The van der Waals surface area contributed by atoms with E-state index in [2.05, 4.69) is 51.1 Å². The van der Waals surface area contributed by atoms with E-state index in [9.17, 15) is 8.42 Å². The second-order valence-corrected chi connectivity index (χ2v) is 13.6. The number of hydrogen-bond acceptors (Lipinski definition) is 8. The summed E-state index contributed by atoms with van der Waals surface area (Å²) in [5, 5.41) is 12.6. The zero-order chi connectivity index (χ0) is 32.7.